The Hall–Kier alpha value is -3.44. The van der Waals surface area contributed by atoms with Crippen LogP contribution >= 0.6 is 0 Å². The molecule has 0 radical (unpaired) electrons. The van der Waals surface area contributed by atoms with E-state index in [2.05, 4.69) is 37.4 Å². The van der Waals surface area contributed by atoms with Crippen molar-refractivity contribution in [3.8, 4) is 0 Å². The smallest absolute Gasteiger partial charge is 0.335 e. The van der Waals surface area contributed by atoms with Crippen molar-refractivity contribution in [3.63, 3.8) is 0 Å². The summed E-state index contributed by atoms with van der Waals surface area (Å²) >= 11 is 0. The Morgan fingerprint density at radius 1 is 1.00 bits per heavy atom. The molecule has 0 aliphatic heterocycles. The fourth-order valence-corrected chi connectivity index (χ4v) is 2.36. The monoisotopic (exact) mass is 394 g/mol. The van der Waals surface area contributed by atoms with Gasteiger partial charge in [-0.15, -0.1) is 6.58 Å². The number of hydrogen-bond donors (Lipinski definition) is 1. The van der Waals surface area contributed by atoms with Crippen LogP contribution in [-0.2, 0) is 19.1 Å². The minimum atomic E-state index is -0.981. The van der Waals surface area contributed by atoms with Crippen LogP contribution in [0.4, 0.5) is 0 Å². The molecule has 0 atom stereocenters. The van der Waals surface area contributed by atoms with Crippen LogP contribution in [0.25, 0.3) is 0 Å². The topological polar surface area (TPSA) is 72.8 Å². The van der Waals surface area contributed by atoms with Crippen molar-refractivity contribution < 1.29 is 24.2 Å². The summed E-state index contributed by atoms with van der Waals surface area (Å²) in [4.78, 5) is 21.4. The van der Waals surface area contributed by atoms with E-state index in [0.29, 0.717) is 12.2 Å². The number of carboxylic acids is 1. The Bertz CT molecular complexity index is 770. The zero-order chi connectivity index (χ0) is 21.5. The summed E-state index contributed by atoms with van der Waals surface area (Å²) < 4.78 is 10.2. The summed E-state index contributed by atoms with van der Waals surface area (Å²) in [6.07, 6.45) is 4.37. The summed E-state index contributed by atoms with van der Waals surface area (Å²) in [5.74, 6) is -1.37. The lowest BCUT2D eigenvalue weighted by molar-refractivity contribution is -0.150. The molecule has 1 N–H and O–H groups in total. The SMILES string of the molecule is C=CC(=O)O.C=CCOCOC(=O)C(C)=CC(c1ccccc1)c1ccccc1. The molecule has 0 aliphatic carbocycles. The molecule has 0 bridgehead atoms. The van der Waals surface area contributed by atoms with Crippen molar-refractivity contribution in [3.05, 3.63) is 109 Å². The Morgan fingerprint density at radius 3 is 1.90 bits per heavy atom. The number of carbonyl (C=O) groups is 2. The molecule has 2 aromatic rings. The highest BCUT2D eigenvalue weighted by Gasteiger charge is 2.14. The van der Waals surface area contributed by atoms with Crippen molar-refractivity contribution in [1.29, 1.82) is 0 Å². The van der Waals surface area contributed by atoms with Gasteiger partial charge < -0.3 is 14.6 Å². The van der Waals surface area contributed by atoms with Crippen LogP contribution in [-0.4, -0.2) is 30.4 Å². The summed E-state index contributed by atoms with van der Waals surface area (Å²) in [6, 6.07) is 20.2. The normalized spacial score (nSPS) is 10.5. The van der Waals surface area contributed by atoms with Crippen molar-refractivity contribution >= 4 is 11.9 Å². The van der Waals surface area contributed by atoms with Crippen molar-refractivity contribution in [1.82, 2.24) is 0 Å². The second-order valence-corrected chi connectivity index (χ2v) is 5.90. The second kappa shape index (κ2) is 13.7. The van der Waals surface area contributed by atoms with Gasteiger partial charge in [-0.2, -0.15) is 0 Å². The first-order valence-electron chi connectivity index (χ1n) is 8.99. The van der Waals surface area contributed by atoms with E-state index in [9.17, 15) is 9.59 Å². The summed E-state index contributed by atoms with van der Waals surface area (Å²) in [7, 11) is 0. The molecule has 0 aliphatic rings. The molecule has 2 rings (SSSR count). The lowest BCUT2D eigenvalue weighted by atomic mass is 9.90. The number of hydrogen-bond acceptors (Lipinski definition) is 4. The maximum absolute atomic E-state index is 12.1. The molecule has 0 amide bonds. The average Bonchev–Trinajstić information content (AvgIpc) is 2.76. The van der Waals surface area contributed by atoms with E-state index in [-0.39, 0.29) is 18.7 Å². The molecular weight excluding hydrogens is 368 g/mol. The molecule has 5 nitrogen and oxygen atoms in total. The van der Waals surface area contributed by atoms with Crippen LogP contribution in [0.15, 0.2) is 97.6 Å². The van der Waals surface area contributed by atoms with Gasteiger partial charge in [0.2, 0.25) is 0 Å². The molecule has 152 valence electrons. The number of carbonyl (C=O) groups excluding carboxylic acids is 1. The summed E-state index contributed by atoms with van der Waals surface area (Å²) in [5.41, 5.74) is 2.80. The lowest BCUT2D eigenvalue weighted by Gasteiger charge is -2.15. The molecule has 29 heavy (non-hydrogen) atoms. The van der Waals surface area contributed by atoms with E-state index in [4.69, 9.17) is 14.6 Å². The zero-order valence-corrected chi connectivity index (χ0v) is 16.5. The van der Waals surface area contributed by atoms with E-state index >= 15 is 0 Å². The number of esters is 1. The van der Waals surface area contributed by atoms with Gasteiger partial charge in [-0.1, -0.05) is 79.4 Å². The predicted molar refractivity (Wildman–Crippen MR) is 113 cm³/mol. The minimum absolute atomic E-state index is 0.00552. The third kappa shape index (κ3) is 9.35. The van der Waals surface area contributed by atoms with E-state index in [1.54, 1.807) is 13.0 Å². The molecule has 0 unspecified atom stereocenters. The predicted octanol–water partition coefficient (Wildman–Crippen LogP) is 4.73. The van der Waals surface area contributed by atoms with Crippen LogP contribution in [0.5, 0.6) is 0 Å². The van der Waals surface area contributed by atoms with Gasteiger partial charge in [0.25, 0.3) is 0 Å². The molecule has 0 spiro atoms. The minimum Gasteiger partial charge on any atom is -0.478 e. The van der Waals surface area contributed by atoms with Crippen molar-refractivity contribution in [2.75, 3.05) is 13.4 Å². The first-order valence-corrected chi connectivity index (χ1v) is 8.99. The van der Waals surface area contributed by atoms with Gasteiger partial charge in [-0.25, -0.2) is 9.59 Å². The van der Waals surface area contributed by atoms with Crippen LogP contribution in [0, 0.1) is 0 Å². The Balaban J connectivity index is 0.000000749. The summed E-state index contributed by atoms with van der Waals surface area (Å²) in [6.45, 7) is 8.54. The molecule has 0 heterocycles. The van der Waals surface area contributed by atoms with Crippen LogP contribution in [0.2, 0.25) is 0 Å². The van der Waals surface area contributed by atoms with E-state index in [1.807, 2.05) is 42.5 Å². The van der Waals surface area contributed by atoms with Crippen molar-refractivity contribution in [2.45, 2.75) is 12.8 Å². The second-order valence-electron chi connectivity index (χ2n) is 5.90. The highest BCUT2D eigenvalue weighted by atomic mass is 16.7. The fourth-order valence-electron chi connectivity index (χ4n) is 2.36. The van der Waals surface area contributed by atoms with Gasteiger partial charge in [-0.05, 0) is 18.1 Å². The van der Waals surface area contributed by atoms with Crippen LogP contribution in [0.1, 0.15) is 24.0 Å². The van der Waals surface area contributed by atoms with Gasteiger partial charge in [-0.3, -0.25) is 0 Å². The highest BCUT2D eigenvalue weighted by Crippen LogP contribution is 2.27. The fraction of sp³-hybridized carbons (Fsp3) is 0.167. The molecule has 0 fully saturated rings. The number of carboxylic acid groups (broad SMARTS) is 1. The van der Waals surface area contributed by atoms with Gasteiger partial charge in [0.15, 0.2) is 6.79 Å². The van der Waals surface area contributed by atoms with Gasteiger partial charge in [0.05, 0.1) is 6.61 Å². The number of allylic oxidation sites excluding steroid dienone is 1. The first kappa shape index (κ1) is 23.6. The zero-order valence-electron chi connectivity index (χ0n) is 16.5. The Labute approximate surface area is 171 Å². The van der Waals surface area contributed by atoms with Crippen LogP contribution in [0.3, 0.4) is 0 Å². The number of aliphatic carboxylic acids is 1. The molecule has 0 saturated carbocycles. The number of ether oxygens (including phenoxy) is 2. The van der Waals surface area contributed by atoms with Gasteiger partial charge >= 0.3 is 11.9 Å². The lowest BCUT2D eigenvalue weighted by Crippen LogP contribution is -2.11. The summed E-state index contributed by atoms with van der Waals surface area (Å²) in [5, 5.41) is 7.60. The average molecular weight is 394 g/mol. The Kier molecular flexibility index (Phi) is 11.1. The highest BCUT2D eigenvalue weighted by molar-refractivity contribution is 5.88. The van der Waals surface area contributed by atoms with Gasteiger partial charge in [0, 0.05) is 17.6 Å². The van der Waals surface area contributed by atoms with Gasteiger partial charge in [0.1, 0.15) is 0 Å². The molecule has 0 aromatic heterocycles. The largest absolute Gasteiger partial charge is 0.478 e. The first-order chi connectivity index (χ1) is 14.0. The van der Waals surface area contributed by atoms with Crippen LogP contribution < -0.4 is 0 Å². The molecule has 5 heteroatoms. The standard InChI is InChI=1S/C21H22O3.C3H4O2/c1-3-14-23-16-24-21(22)17(2)15-20(18-10-6-4-7-11-18)19-12-8-5-9-13-19;1-2-3(4)5/h3-13,15,20H,1,14,16H2,2H3;2H,1H2,(H,4,5). The van der Waals surface area contributed by atoms with E-state index < -0.39 is 5.97 Å². The number of benzene rings is 2. The van der Waals surface area contributed by atoms with E-state index in [0.717, 1.165) is 17.2 Å². The third-order valence-electron chi connectivity index (χ3n) is 3.74. The third-order valence-corrected chi connectivity index (χ3v) is 3.74. The molecular formula is C24H26O5. The van der Waals surface area contributed by atoms with Crippen molar-refractivity contribution in [2.24, 2.45) is 0 Å². The molecule has 0 saturated heterocycles. The number of rotatable bonds is 9. The maximum atomic E-state index is 12.1. The van der Waals surface area contributed by atoms with E-state index in [1.165, 1.54) is 0 Å². The molecule has 2 aromatic carbocycles. The Morgan fingerprint density at radius 2 is 1.48 bits per heavy atom. The quantitative estimate of drug-likeness (QED) is 0.219. The maximum Gasteiger partial charge on any atom is 0.335 e.